The quantitative estimate of drug-likeness (QED) is 0.351. The van der Waals surface area contributed by atoms with Gasteiger partial charge in [-0.1, -0.05) is 39.0 Å². The molecule has 6 heteroatoms. The fraction of sp³-hybridized carbons (Fsp3) is 0.762. The highest BCUT2D eigenvalue weighted by atomic mass is 28.4. The van der Waals surface area contributed by atoms with Gasteiger partial charge < -0.3 is 19.4 Å². The summed E-state index contributed by atoms with van der Waals surface area (Å²) in [5.74, 6) is -0.366. The number of rotatable bonds is 9. The second-order valence-electron chi connectivity index (χ2n) is 9.03. The number of ether oxygens (including phenoxy) is 1. The van der Waals surface area contributed by atoms with Gasteiger partial charge in [0.1, 0.15) is 0 Å². The van der Waals surface area contributed by atoms with Crippen LogP contribution in [0.25, 0.3) is 0 Å². The van der Waals surface area contributed by atoms with E-state index in [4.69, 9.17) is 4.43 Å². The smallest absolute Gasteiger partial charge is 0.305 e. The van der Waals surface area contributed by atoms with Crippen LogP contribution in [0, 0.1) is 11.8 Å². The third-order valence-corrected chi connectivity index (χ3v) is 10.5. The molecule has 0 heterocycles. The highest BCUT2D eigenvalue weighted by Gasteiger charge is 2.46. The summed E-state index contributed by atoms with van der Waals surface area (Å²) in [6.07, 6.45) is 6.18. The molecule has 0 unspecified atom stereocenters. The number of esters is 1. The van der Waals surface area contributed by atoms with Crippen molar-refractivity contribution in [2.24, 2.45) is 11.8 Å². The summed E-state index contributed by atoms with van der Waals surface area (Å²) in [6, 6.07) is 0. The molecule has 0 spiro atoms. The molecule has 5 nitrogen and oxygen atoms in total. The number of carbonyl (C=O) groups excluding carboxylic acids is 1. The second kappa shape index (κ2) is 10.0. The van der Waals surface area contributed by atoms with E-state index in [2.05, 4.69) is 45.2 Å². The van der Waals surface area contributed by atoms with Crippen LogP contribution in [0.1, 0.15) is 46.5 Å². The highest BCUT2D eigenvalue weighted by molar-refractivity contribution is 6.74. The lowest BCUT2D eigenvalue weighted by molar-refractivity contribution is -0.140. The van der Waals surface area contributed by atoms with Gasteiger partial charge in [-0.25, -0.2) is 0 Å². The van der Waals surface area contributed by atoms with Crippen LogP contribution in [-0.2, 0) is 14.0 Å². The van der Waals surface area contributed by atoms with Crippen molar-refractivity contribution in [1.29, 1.82) is 0 Å². The zero-order chi connectivity index (χ0) is 20.8. The molecular formula is C21H38O5Si. The molecule has 0 amide bonds. The minimum atomic E-state index is -1.94. The van der Waals surface area contributed by atoms with Crippen molar-refractivity contribution in [3.63, 3.8) is 0 Å². The molecule has 156 valence electrons. The monoisotopic (exact) mass is 398 g/mol. The van der Waals surface area contributed by atoms with E-state index in [1.54, 1.807) is 6.08 Å². The third-order valence-electron chi connectivity index (χ3n) is 5.98. The molecule has 27 heavy (non-hydrogen) atoms. The van der Waals surface area contributed by atoms with E-state index in [1.165, 1.54) is 7.11 Å². The Labute approximate surface area is 165 Å². The van der Waals surface area contributed by atoms with Gasteiger partial charge in [-0.2, -0.15) is 0 Å². The van der Waals surface area contributed by atoms with Gasteiger partial charge in [-0.05, 0) is 37.4 Å². The molecule has 0 saturated heterocycles. The first-order chi connectivity index (χ1) is 12.4. The maximum Gasteiger partial charge on any atom is 0.305 e. The van der Waals surface area contributed by atoms with Gasteiger partial charge in [0.2, 0.25) is 0 Å². The number of hydrogen-bond donors (Lipinski definition) is 2. The van der Waals surface area contributed by atoms with Gasteiger partial charge in [0, 0.05) is 18.3 Å². The van der Waals surface area contributed by atoms with Crippen LogP contribution in [0.2, 0.25) is 18.1 Å². The van der Waals surface area contributed by atoms with Crippen LogP contribution >= 0.6 is 0 Å². The predicted molar refractivity (Wildman–Crippen MR) is 111 cm³/mol. The highest BCUT2D eigenvalue weighted by Crippen LogP contribution is 2.43. The van der Waals surface area contributed by atoms with E-state index < -0.39 is 20.5 Å². The predicted octanol–water partition coefficient (Wildman–Crippen LogP) is 3.82. The summed E-state index contributed by atoms with van der Waals surface area (Å²) in [5, 5.41) is 20.8. The number of hydrogen-bond acceptors (Lipinski definition) is 5. The summed E-state index contributed by atoms with van der Waals surface area (Å²) in [6.45, 7) is 15.0. The van der Waals surface area contributed by atoms with Crippen LogP contribution in [0.15, 0.2) is 24.8 Å². The third kappa shape index (κ3) is 6.86. The molecule has 0 bridgehead atoms. The van der Waals surface area contributed by atoms with Crippen LogP contribution in [0.3, 0.4) is 0 Å². The van der Waals surface area contributed by atoms with E-state index in [1.807, 2.05) is 12.2 Å². The van der Waals surface area contributed by atoms with Crippen molar-refractivity contribution in [2.75, 3.05) is 7.11 Å². The lowest BCUT2D eigenvalue weighted by Crippen LogP contribution is -2.44. The van der Waals surface area contributed by atoms with Crippen molar-refractivity contribution >= 4 is 14.3 Å². The molecule has 1 saturated carbocycles. The van der Waals surface area contributed by atoms with Crippen molar-refractivity contribution in [3.05, 3.63) is 24.8 Å². The molecule has 1 aliphatic carbocycles. The summed E-state index contributed by atoms with van der Waals surface area (Å²) >= 11 is 0. The molecule has 0 aliphatic heterocycles. The van der Waals surface area contributed by atoms with Gasteiger partial charge in [-0.15, -0.1) is 6.58 Å². The van der Waals surface area contributed by atoms with Crippen molar-refractivity contribution in [2.45, 2.75) is 82.9 Å². The Balaban J connectivity index is 2.70. The number of methoxy groups -OCH3 is 1. The summed E-state index contributed by atoms with van der Waals surface area (Å²) < 4.78 is 11.1. The SMILES string of the molecule is C=C[C@H]1[C@@H](/C=C/[C@@H](O)CCCC(=O)OC)[C@H](O)C[C@@H]1O[Si](C)(C)C(C)(C)C. The maximum absolute atomic E-state index is 11.1. The zero-order valence-corrected chi connectivity index (χ0v) is 18.8. The van der Waals surface area contributed by atoms with Crippen molar-refractivity contribution < 1.29 is 24.2 Å². The van der Waals surface area contributed by atoms with E-state index in [-0.39, 0.29) is 28.9 Å². The average molecular weight is 399 g/mol. The molecule has 5 atom stereocenters. The maximum atomic E-state index is 11.1. The minimum Gasteiger partial charge on any atom is -0.469 e. The molecule has 1 fully saturated rings. The van der Waals surface area contributed by atoms with Crippen molar-refractivity contribution in [3.8, 4) is 0 Å². The Morgan fingerprint density at radius 1 is 1.33 bits per heavy atom. The van der Waals surface area contributed by atoms with Gasteiger partial charge in [0.15, 0.2) is 8.32 Å². The average Bonchev–Trinajstić information content (AvgIpc) is 2.85. The van der Waals surface area contributed by atoms with E-state index in [9.17, 15) is 15.0 Å². The Bertz CT molecular complexity index is 523. The van der Waals surface area contributed by atoms with Crippen LogP contribution in [0.4, 0.5) is 0 Å². The van der Waals surface area contributed by atoms with Gasteiger partial charge >= 0.3 is 5.97 Å². The standard InChI is InChI=1S/C21H38O5Si/c1-8-16-17(13-12-15(22)10-9-11-20(24)25-5)18(23)14-19(16)26-27(6,7)21(2,3)4/h8,12-13,15-19,22-23H,1,9-11,14H2,2-7H3/b13-12+/t15-,16-,17+,18+,19-/m0/s1. The molecule has 2 N–H and O–H groups in total. The van der Waals surface area contributed by atoms with E-state index in [0.717, 1.165) is 0 Å². The topological polar surface area (TPSA) is 76.0 Å². The first-order valence-corrected chi connectivity index (χ1v) is 12.8. The summed E-state index contributed by atoms with van der Waals surface area (Å²) in [7, 11) is -0.581. The van der Waals surface area contributed by atoms with Gasteiger partial charge in [0.25, 0.3) is 0 Å². The van der Waals surface area contributed by atoms with Crippen LogP contribution in [-0.4, -0.2) is 49.9 Å². The lowest BCUT2D eigenvalue weighted by atomic mass is 9.92. The number of aliphatic hydroxyl groups excluding tert-OH is 2. The summed E-state index contributed by atoms with van der Waals surface area (Å²) in [4.78, 5) is 11.1. The van der Waals surface area contributed by atoms with Crippen LogP contribution < -0.4 is 0 Å². The Morgan fingerprint density at radius 2 is 1.96 bits per heavy atom. The lowest BCUT2D eigenvalue weighted by Gasteiger charge is -2.39. The molecule has 0 aromatic rings. The molecule has 1 rings (SSSR count). The van der Waals surface area contributed by atoms with E-state index >= 15 is 0 Å². The zero-order valence-electron chi connectivity index (χ0n) is 17.8. The Kier molecular flexibility index (Phi) is 8.93. The Morgan fingerprint density at radius 3 is 2.48 bits per heavy atom. The molecule has 1 aliphatic rings. The largest absolute Gasteiger partial charge is 0.469 e. The van der Waals surface area contributed by atoms with Gasteiger partial charge in [-0.3, -0.25) is 4.79 Å². The second-order valence-corrected chi connectivity index (χ2v) is 13.8. The normalized spacial score (nSPS) is 27.7. The molecule has 0 aromatic carbocycles. The molecular weight excluding hydrogens is 360 g/mol. The fourth-order valence-electron chi connectivity index (χ4n) is 3.21. The first-order valence-electron chi connectivity index (χ1n) is 9.84. The van der Waals surface area contributed by atoms with E-state index in [0.29, 0.717) is 25.7 Å². The minimum absolute atomic E-state index is 0.0210. The Hall–Kier alpha value is -0.953. The summed E-state index contributed by atoms with van der Waals surface area (Å²) in [5.41, 5.74) is 0. The molecule has 0 radical (unpaired) electrons. The van der Waals surface area contributed by atoms with Gasteiger partial charge in [0.05, 0.1) is 25.4 Å². The number of carbonyl (C=O) groups is 1. The van der Waals surface area contributed by atoms with Crippen LogP contribution in [0.5, 0.6) is 0 Å². The number of aliphatic hydroxyl groups is 2. The fourth-order valence-corrected chi connectivity index (χ4v) is 4.58. The van der Waals surface area contributed by atoms with Crippen molar-refractivity contribution in [1.82, 2.24) is 0 Å². The molecule has 0 aromatic heterocycles. The first kappa shape index (κ1) is 24.1.